The largest absolute Gasteiger partial charge is 0.425 e. The van der Waals surface area contributed by atoms with Gasteiger partial charge in [-0.05, 0) is 12.0 Å². The average molecular weight is 245 g/mol. The van der Waals surface area contributed by atoms with Crippen molar-refractivity contribution < 1.29 is 22.3 Å². The molecule has 15 heavy (non-hydrogen) atoms. The van der Waals surface area contributed by atoms with Crippen molar-refractivity contribution in [2.45, 2.75) is 31.7 Å². The van der Waals surface area contributed by atoms with Crippen molar-refractivity contribution in [2.24, 2.45) is 5.92 Å². The fourth-order valence-corrected chi connectivity index (χ4v) is 1.22. The van der Waals surface area contributed by atoms with Gasteiger partial charge in [0.2, 0.25) is 5.67 Å². The molecule has 0 aromatic carbocycles. The van der Waals surface area contributed by atoms with E-state index in [0.29, 0.717) is 6.04 Å². The lowest BCUT2D eigenvalue weighted by Crippen LogP contribution is -2.49. The first kappa shape index (κ1) is 14.7. The Kier molecular flexibility index (Phi) is 5.58. The van der Waals surface area contributed by atoms with Gasteiger partial charge in [0.25, 0.3) is 0 Å². The zero-order valence-electron chi connectivity index (χ0n) is 8.70. The van der Waals surface area contributed by atoms with Gasteiger partial charge in [0.15, 0.2) is 0 Å². The molecule has 1 atom stereocenters. The summed E-state index contributed by atoms with van der Waals surface area (Å²) in [6.07, 6.45) is -4.91. The normalized spacial score (nSPS) is 16.5. The summed E-state index contributed by atoms with van der Waals surface area (Å²) >= 11 is 0. The number of ether oxygens (including phenoxy) is 1. The number of rotatable bonds is 6. The molecule has 1 N–H and O–H groups in total. The van der Waals surface area contributed by atoms with Crippen LogP contribution in [0.1, 0.15) is 13.8 Å². The van der Waals surface area contributed by atoms with Crippen molar-refractivity contribution in [3.63, 3.8) is 0 Å². The second-order valence-corrected chi connectivity index (χ2v) is 4.55. The van der Waals surface area contributed by atoms with Crippen LogP contribution in [-0.4, -0.2) is 34.4 Å². The van der Waals surface area contributed by atoms with Gasteiger partial charge in [-0.25, -0.2) is 4.39 Å². The molecule has 0 aliphatic heterocycles. The predicted molar refractivity (Wildman–Crippen MR) is 50.2 cm³/mol. The molecule has 0 aliphatic carbocycles. The molecule has 2 nitrogen and oxygen atoms in total. The van der Waals surface area contributed by atoms with Crippen LogP contribution >= 0.6 is 0 Å². The van der Waals surface area contributed by atoms with Crippen LogP contribution in [0, 0.1) is 11.0 Å². The van der Waals surface area contributed by atoms with Gasteiger partial charge in [-0.1, -0.05) is 13.8 Å². The molecule has 0 heterocycles. The van der Waals surface area contributed by atoms with E-state index in [9.17, 15) is 17.6 Å². The van der Waals surface area contributed by atoms with Gasteiger partial charge in [0.05, 0.1) is 6.61 Å². The molecule has 7 heteroatoms. The highest BCUT2D eigenvalue weighted by Crippen LogP contribution is 2.39. The van der Waals surface area contributed by atoms with Crippen LogP contribution in [0.25, 0.3) is 0 Å². The highest BCUT2D eigenvalue weighted by Gasteiger charge is 2.58. The first-order valence-corrected chi connectivity index (χ1v) is 5.97. The fourth-order valence-electron chi connectivity index (χ4n) is 0.939. The van der Waals surface area contributed by atoms with Gasteiger partial charge in [0, 0.05) is 6.61 Å². The highest BCUT2D eigenvalue weighted by molar-refractivity contribution is 6.18. The van der Waals surface area contributed by atoms with E-state index in [-0.39, 0.29) is 6.61 Å². The van der Waals surface area contributed by atoms with Gasteiger partial charge in [-0.2, -0.15) is 13.2 Å². The molecule has 90 valence electrons. The summed E-state index contributed by atoms with van der Waals surface area (Å²) in [4.78, 5) is 0. The lowest BCUT2D eigenvalue weighted by Gasteiger charge is -2.31. The van der Waals surface area contributed by atoms with Crippen LogP contribution in [0.4, 0.5) is 17.6 Å². The summed E-state index contributed by atoms with van der Waals surface area (Å²) in [5.74, 6) is -1.18. The monoisotopic (exact) mass is 245 g/mol. The minimum absolute atomic E-state index is 0.0211. The Labute approximate surface area is 88.3 Å². The summed E-state index contributed by atoms with van der Waals surface area (Å²) in [5.41, 5.74) is -3.29. The maximum Gasteiger partial charge on any atom is 0.425 e. The van der Waals surface area contributed by atoms with Gasteiger partial charge in [-0.3, -0.25) is 0 Å². The third kappa shape index (κ3) is 3.98. The second-order valence-electron chi connectivity index (χ2n) is 3.56. The SMILES string of the molecule is CC(C)C(F)(COCC[SiH]=N)C(F)(F)F. The number of nitrogens with one attached hydrogen (secondary N) is 1. The predicted octanol–water partition coefficient (Wildman–Crippen LogP) is 2.55. The third-order valence-electron chi connectivity index (χ3n) is 2.11. The Balaban J connectivity index is 4.34. The number of hydrogen-bond donors (Lipinski definition) is 1. The molecule has 0 aliphatic rings. The van der Waals surface area contributed by atoms with Crippen molar-refractivity contribution >= 4 is 9.31 Å². The summed E-state index contributed by atoms with van der Waals surface area (Å²) < 4.78 is 55.3. The number of alkyl halides is 4. The molecular weight excluding hydrogens is 230 g/mol. The molecule has 0 radical (unpaired) electrons. The van der Waals surface area contributed by atoms with Gasteiger partial charge in [-0.15, -0.1) is 0 Å². The summed E-state index contributed by atoms with van der Waals surface area (Å²) in [5, 5.41) is 6.83. The van der Waals surface area contributed by atoms with Crippen molar-refractivity contribution in [2.75, 3.05) is 13.2 Å². The Bertz CT molecular complexity index is 209. The van der Waals surface area contributed by atoms with Crippen molar-refractivity contribution in [1.82, 2.24) is 0 Å². The van der Waals surface area contributed by atoms with Gasteiger partial charge >= 0.3 is 6.18 Å². The second kappa shape index (κ2) is 5.69. The van der Waals surface area contributed by atoms with Crippen molar-refractivity contribution in [1.29, 1.82) is 5.05 Å². The molecule has 0 spiro atoms. The zero-order valence-corrected chi connectivity index (χ0v) is 9.85. The minimum atomic E-state index is -4.91. The molecule has 0 fully saturated rings. The van der Waals surface area contributed by atoms with Crippen molar-refractivity contribution in [3.05, 3.63) is 0 Å². The molecule has 0 amide bonds. The van der Waals surface area contributed by atoms with Gasteiger partial charge in [0.1, 0.15) is 9.31 Å². The van der Waals surface area contributed by atoms with E-state index in [1.54, 1.807) is 0 Å². The minimum Gasteiger partial charge on any atom is -0.378 e. The van der Waals surface area contributed by atoms with E-state index < -0.39 is 33.7 Å². The maximum atomic E-state index is 13.6. The summed E-state index contributed by atoms with van der Waals surface area (Å²) in [7, 11) is -0.564. The molecule has 0 saturated carbocycles. The Morgan fingerprint density at radius 2 is 1.80 bits per heavy atom. The van der Waals surface area contributed by atoms with Crippen LogP contribution in [0.5, 0.6) is 0 Å². The van der Waals surface area contributed by atoms with E-state index in [2.05, 4.69) is 4.74 Å². The topological polar surface area (TPSA) is 33.1 Å². The van der Waals surface area contributed by atoms with Crippen LogP contribution in [-0.2, 0) is 4.74 Å². The van der Waals surface area contributed by atoms with Crippen LogP contribution < -0.4 is 0 Å². The van der Waals surface area contributed by atoms with Gasteiger partial charge < -0.3 is 9.79 Å². The third-order valence-corrected chi connectivity index (χ3v) is 2.63. The lowest BCUT2D eigenvalue weighted by molar-refractivity contribution is -0.259. The van der Waals surface area contributed by atoms with E-state index in [1.807, 2.05) is 0 Å². The maximum absolute atomic E-state index is 13.6. The van der Waals surface area contributed by atoms with E-state index in [0.717, 1.165) is 0 Å². The quantitative estimate of drug-likeness (QED) is 0.435. The standard InChI is InChI=1S/C8H15F4NOSi/c1-6(2)7(9,8(10,11)12)5-14-3-4-15-13/h6,13,15H,3-5H2,1-2H3. The Hall–Kier alpha value is -0.303. The summed E-state index contributed by atoms with van der Waals surface area (Å²) in [6.45, 7) is 1.39. The molecule has 0 saturated heterocycles. The van der Waals surface area contributed by atoms with Crippen LogP contribution in [0.15, 0.2) is 0 Å². The first-order valence-electron chi connectivity index (χ1n) is 4.58. The van der Waals surface area contributed by atoms with Crippen molar-refractivity contribution in [3.8, 4) is 0 Å². The number of hydrogen-bond acceptors (Lipinski definition) is 2. The smallest absolute Gasteiger partial charge is 0.378 e. The lowest BCUT2D eigenvalue weighted by atomic mass is 9.92. The summed E-state index contributed by atoms with van der Waals surface area (Å²) in [6, 6.07) is 0.395. The highest BCUT2D eigenvalue weighted by atomic mass is 28.2. The average Bonchev–Trinajstić information content (AvgIpc) is 2.09. The molecule has 0 rings (SSSR count). The Morgan fingerprint density at radius 3 is 2.13 bits per heavy atom. The van der Waals surface area contributed by atoms with E-state index in [1.165, 1.54) is 13.8 Å². The molecular formula is C8H15F4NOSi. The molecule has 0 aromatic heterocycles. The molecule has 0 bridgehead atoms. The zero-order chi connectivity index (χ0) is 12.1. The molecule has 0 aromatic rings. The first-order chi connectivity index (χ1) is 6.75. The van der Waals surface area contributed by atoms with E-state index >= 15 is 0 Å². The Morgan fingerprint density at radius 1 is 1.27 bits per heavy atom. The fraction of sp³-hybridized carbons (Fsp3) is 1.00. The number of halogens is 4. The van der Waals surface area contributed by atoms with Crippen LogP contribution in [0.3, 0.4) is 0 Å². The molecule has 1 unspecified atom stereocenters. The van der Waals surface area contributed by atoms with E-state index in [4.69, 9.17) is 5.05 Å². The van der Waals surface area contributed by atoms with Crippen LogP contribution in [0.2, 0.25) is 6.04 Å².